The van der Waals surface area contributed by atoms with E-state index in [2.05, 4.69) is 15.0 Å². The first kappa shape index (κ1) is 37.8. The number of aldehydes is 2. The van der Waals surface area contributed by atoms with Crippen molar-refractivity contribution in [3.63, 3.8) is 0 Å². The van der Waals surface area contributed by atoms with Gasteiger partial charge >= 0.3 is 0 Å². The van der Waals surface area contributed by atoms with Gasteiger partial charge in [0.2, 0.25) is 5.91 Å². The molecule has 1 atom stereocenters. The van der Waals surface area contributed by atoms with Crippen molar-refractivity contribution >= 4 is 58.0 Å². The third-order valence-corrected chi connectivity index (χ3v) is 6.45. The number of ether oxygens (including phenoxy) is 2. The van der Waals surface area contributed by atoms with Crippen molar-refractivity contribution < 1.29 is 33.8 Å². The molecular formula is C33H42ClN3O7. The summed E-state index contributed by atoms with van der Waals surface area (Å²) < 4.78 is 10.1. The van der Waals surface area contributed by atoms with E-state index < -0.39 is 11.9 Å². The van der Waals surface area contributed by atoms with Gasteiger partial charge in [0.1, 0.15) is 18.1 Å². The van der Waals surface area contributed by atoms with Gasteiger partial charge in [-0.25, -0.2) is 0 Å². The first-order valence-corrected chi connectivity index (χ1v) is 14.4. The van der Waals surface area contributed by atoms with Crippen molar-refractivity contribution in [2.45, 2.75) is 40.2 Å². The van der Waals surface area contributed by atoms with Crippen LogP contribution >= 0.6 is 11.6 Å². The summed E-state index contributed by atoms with van der Waals surface area (Å²) in [6, 6.07) is 10.7. The maximum absolute atomic E-state index is 13.2. The Morgan fingerprint density at radius 3 is 2.32 bits per heavy atom. The molecule has 3 rings (SSSR count). The van der Waals surface area contributed by atoms with Crippen LogP contribution in [0.2, 0.25) is 5.02 Å². The summed E-state index contributed by atoms with van der Waals surface area (Å²) in [5.41, 5.74) is 2.73. The number of halogens is 1. The zero-order chi connectivity index (χ0) is 33.2. The minimum atomic E-state index is -0.818. The summed E-state index contributed by atoms with van der Waals surface area (Å²) in [6.45, 7) is 7.91. The molecule has 238 valence electrons. The third-order valence-electron chi connectivity index (χ3n) is 6.21. The van der Waals surface area contributed by atoms with E-state index in [9.17, 15) is 24.3 Å². The van der Waals surface area contributed by atoms with Crippen LogP contribution in [0.3, 0.4) is 0 Å². The second-order valence-electron chi connectivity index (χ2n) is 9.06. The molecule has 0 aliphatic rings. The number of benzene rings is 2. The number of ketones is 1. The first-order valence-electron chi connectivity index (χ1n) is 14.1. The Labute approximate surface area is 263 Å². The Balaban J connectivity index is 0.00000149. The number of aliphatic hydroxyl groups is 1. The molecule has 1 aromatic heterocycles. The van der Waals surface area contributed by atoms with Gasteiger partial charge < -0.3 is 29.8 Å². The maximum Gasteiger partial charge on any atom is 0.247 e. The fraction of sp³-hybridized carbons (Fsp3) is 0.333. The number of nitrogens with one attached hydrogen (secondary N) is 2. The standard InChI is InChI=1S/C28H28ClN3O6.C3H8O.C2H6/c1-17(36)22-6-4-19(29)14-24(22)23(8-10-33)27(38-3)15-32(2)26(9-11-34)28(37)31-20-5-7-25-18(12-20)13-21(16-35)30-25;1-3-4-2;1-2/h4-8,10,12-16,26,30,34H,9,11H2,1-3H3,(H,31,37);3H2,1-2H3;1-2H3/b23-8-,27-15+;;. The molecule has 0 bridgehead atoms. The molecule has 0 spiro atoms. The molecule has 0 aliphatic heterocycles. The number of fused-ring (bicyclic) bond motifs is 1. The number of anilines is 1. The van der Waals surface area contributed by atoms with Gasteiger partial charge in [-0.05, 0) is 74.4 Å². The summed E-state index contributed by atoms with van der Waals surface area (Å²) in [4.78, 5) is 52.6. The van der Waals surface area contributed by atoms with Crippen molar-refractivity contribution in [1.82, 2.24) is 9.88 Å². The average molecular weight is 628 g/mol. The SMILES string of the molecule is CC.CCOC.COC(=C/N(C)C(CCO)C(=O)Nc1ccc2[nH]c(C=O)cc2c1)/C(=C\C=O)c1cc(Cl)ccc1C(C)=O. The van der Waals surface area contributed by atoms with Crippen LogP contribution in [0.25, 0.3) is 16.5 Å². The van der Waals surface area contributed by atoms with Crippen LogP contribution in [0.15, 0.2) is 60.5 Å². The second-order valence-corrected chi connectivity index (χ2v) is 9.50. The molecule has 0 radical (unpaired) electrons. The largest absolute Gasteiger partial charge is 0.495 e. The van der Waals surface area contributed by atoms with E-state index in [-0.39, 0.29) is 24.6 Å². The monoisotopic (exact) mass is 627 g/mol. The summed E-state index contributed by atoms with van der Waals surface area (Å²) in [7, 11) is 4.71. The number of likely N-dealkylation sites (N-methyl/N-ethyl adjacent to an activating group) is 1. The summed E-state index contributed by atoms with van der Waals surface area (Å²) >= 11 is 6.18. The van der Waals surface area contributed by atoms with Gasteiger partial charge in [-0.3, -0.25) is 19.2 Å². The van der Waals surface area contributed by atoms with Crippen LogP contribution in [0.5, 0.6) is 0 Å². The predicted octanol–water partition coefficient (Wildman–Crippen LogP) is 5.91. The molecule has 0 fully saturated rings. The zero-order valence-electron chi connectivity index (χ0n) is 26.3. The molecule has 0 aliphatic carbocycles. The van der Waals surface area contributed by atoms with Crippen LogP contribution in [-0.2, 0) is 19.1 Å². The van der Waals surface area contributed by atoms with Gasteiger partial charge in [-0.1, -0.05) is 25.4 Å². The number of amides is 1. The fourth-order valence-corrected chi connectivity index (χ4v) is 4.26. The number of hydrogen-bond acceptors (Lipinski definition) is 8. The number of nitrogens with zero attached hydrogens (tertiary/aromatic N) is 1. The Morgan fingerprint density at radius 1 is 1.09 bits per heavy atom. The minimum absolute atomic E-state index is 0.0973. The Kier molecular flexibility index (Phi) is 17.0. The highest BCUT2D eigenvalue weighted by Gasteiger charge is 2.24. The Morgan fingerprint density at radius 2 is 1.77 bits per heavy atom. The lowest BCUT2D eigenvalue weighted by Gasteiger charge is -2.27. The number of aliphatic hydroxyl groups excluding tert-OH is 1. The summed E-state index contributed by atoms with van der Waals surface area (Å²) in [6.07, 6.45) is 4.15. The lowest BCUT2D eigenvalue weighted by atomic mass is 9.96. The van der Waals surface area contributed by atoms with E-state index in [0.29, 0.717) is 45.7 Å². The smallest absolute Gasteiger partial charge is 0.247 e. The lowest BCUT2D eigenvalue weighted by Crippen LogP contribution is -2.40. The van der Waals surface area contributed by atoms with Crippen molar-refractivity contribution in [3.05, 3.63) is 82.3 Å². The van der Waals surface area contributed by atoms with E-state index in [1.54, 1.807) is 61.5 Å². The van der Waals surface area contributed by atoms with Crippen LogP contribution in [0, 0.1) is 0 Å². The molecule has 10 nitrogen and oxygen atoms in total. The number of allylic oxidation sites excluding steroid dienone is 2. The van der Waals surface area contributed by atoms with Crippen LogP contribution in [-0.4, -0.2) is 79.8 Å². The van der Waals surface area contributed by atoms with Gasteiger partial charge in [-0.2, -0.15) is 0 Å². The molecule has 1 amide bonds. The number of aromatic nitrogens is 1. The molecule has 44 heavy (non-hydrogen) atoms. The number of rotatable bonds is 13. The molecule has 2 aromatic carbocycles. The Hall–Kier alpha value is -4.25. The van der Waals surface area contributed by atoms with Crippen molar-refractivity contribution in [1.29, 1.82) is 0 Å². The average Bonchev–Trinajstić information content (AvgIpc) is 3.45. The number of carbonyl (C=O) groups is 4. The van der Waals surface area contributed by atoms with E-state index in [4.69, 9.17) is 16.3 Å². The number of H-pyrrole nitrogens is 1. The zero-order valence-corrected chi connectivity index (χ0v) is 27.0. The van der Waals surface area contributed by atoms with Crippen LogP contribution < -0.4 is 5.32 Å². The van der Waals surface area contributed by atoms with Crippen molar-refractivity contribution in [3.8, 4) is 0 Å². The lowest BCUT2D eigenvalue weighted by molar-refractivity contribution is -0.120. The number of carbonyl (C=O) groups excluding carboxylic acids is 4. The number of hydrogen-bond donors (Lipinski definition) is 3. The van der Waals surface area contributed by atoms with Crippen molar-refractivity contribution in [2.24, 2.45) is 0 Å². The van der Waals surface area contributed by atoms with Gasteiger partial charge in [-0.15, -0.1) is 0 Å². The fourth-order valence-electron chi connectivity index (χ4n) is 4.09. The number of methoxy groups -OCH3 is 2. The van der Waals surface area contributed by atoms with Gasteiger partial charge in [0.15, 0.2) is 12.1 Å². The predicted molar refractivity (Wildman–Crippen MR) is 175 cm³/mol. The third kappa shape index (κ3) is 10.8. The van der Waals surface area contributed by atoms with Gasteiger partial charge in [0, 0.05) is 66.3 Å². The molecule has 0 saturated carbocycles. The highest BCUT2D eigenvalue weighted by molar-refractivity contribution is 6.31. The van der Waals surface area contributed by atoms with E-state index in [1.807, 2.05) is 20.8 Å². The molecule has 1 heterocycles. The van der Waals surface area contributed by atoms with E-state index in [1.165, 1.54) is 26.3 Å². The van der Waals surface area contributed by atoms with Gasteiger partial charge in [0.25, 0.3) is 0 Å². The molecule has 3 N–H and O–H groups in total. The normalized spacial score (nSPS) is 11.8. The van der Waals surface area contributed by atoms with E-state index in [0.717, 1.165) is 17.5 Å². The highest BCUT2D eigenvalue weighted by atomic mass is 35.5. The summed E-state index contributed by atoms with van der Waals surface area (Å²) in [5, 5.41) is 13.6. The summed E-state index contributed by atoms with van der Waals surface area (Å²) in [5.74, 6) is -0.420. The van der Waals surface area contributed by atoms with Crippen LogP contribution in [0.4, 0.5) is 5.69 Å². The molecule has 0 saturated heterocycles. The highest BCUT2D eigenvalue weighted by Crippen LogP contribution is 2.30. The first-order chi connectivity index (χ1) is 21.1. The Bertz CT molecular complexity index is 1460. The second kappa shape index (κ2) is 19.8. The van der Waals surface area contributed by atoms with E-state index >= 15 is 0 Å². The van der Waals surface area contributed by atoms with Crippen LogP contribution in [0.1, 0.15) is 60.5 Å². The number of Topliss-reactive ketones (excluding diaryl/α,β-unsaturated/α-hetero) is 1. The molecular weight excluding hydrogens is 586 g/mol. The molecule has 3 aromatic rings. The maximum atomic E-state index is 13.2. The minimum Gasteiger partial charge on any atom is -0.495 e. The van der Waals surface area contributed by atoms with Crippen molar-refractivity contribution in [2.75, 3.05) is 39.8 Å². The topological polar surface area (TPSA) is 138 Å². The van der Waals surface area contributed by atoms with Gasteiger partial charge in [0.05, 0.1) is 12.8 Å². The molecule has 11 heteroatoms. The molecule has 1 unspecified atom stereocenters. The quantitative estimate of drug-likeness (QED) is 0.0699. The number of aromatic amines is 1.